The van der Waals surface area contributed by atoms with Crippen molar-refractivity contribution in [3.63, 3.8) is 0 Å². The first-order valence-electron chi connectivity index (χ1n) is 5.04. The quantitative estimate of drug-likeness (QED) is 0.745. The molecule has 1 aromatic rings. The number of benzene rings is 1. The Balaban J connectivity index is 1.97. The van der Waals surface area contributed by atoms with Gasteiger partial charge in [0.15, 0.2) is 11.5 Å². The van der Waals surface area contributed by atoms with E-state index in [-0.39, 0.29) is 25.7 Å². The lowest BCUT2D eigenvalue weighted by atomic mass is 10.2. The first-order valence-corrected chi connectivity index (χ1v) is 5.04. The maximum absolute atomic E-state index is 11.6. The van der Waals surface area contributed by atoms with E-state index in [4.69, 9.17) is 9.47 Å². The highest BCUT2D eigenvalue weighted by molar-refractivity contribution is 5.95. The van der Waals surface area contributed by atoms with Crippen LogP contribution < -0.4 is 19.9 Å². The summed E-state index contributed by atoms with van der Waals surface area (Å²) in [5.41, 5.74) is 0.396. The van der Waals surface area contributed by atoms with E-state index in [1.807, 2.05) is 0 Å². The molecule has 0 fully saturated rings. The van der Waals surface area contributed by atoms with Crippen molar-refractivity contribution < 1.29 is 24.2 Å². The van der Waals surface area contributed by atoms with Gasteiger partial charge in [-0.15, -0.1) is 0 Å². The van der Waals surface area contributed by atoms with Crippen LogP contribution in [0.5, 0.6) is 11.5 Å². The summed E-state index contributed by atoms with van der Waals surface area (Å²) in [6.45, 7) is 0.181. The standard InChI is InChI=1S/C11H11NO5/c13-10(14)3-4-12-11(15)7-1-2-8-9(5-7)17-6-16-8/h1-2,5H,3-4,6H2,(H,12,15)(H,13,14)/p-1. The highest BCUT2D eigenvalue weighted by atomic mass is 16.7. The van der Waals surface area contributed by atoms with Crippen LogP contribution in [0.2, 0.25) is 0 Å². The Morgan fingerprint density at radius 2 is 2.06 bits per heavy atom. The molecule has 17 heavy (non-hydrogen) atoms. The van der Waals surface area contributed by atoms with E-state index in [0.717, 1.165) is 0 Å². The monoisotopic (exact) mass is 236 g/mol. The third-order valence-corrected chi connectivity index (χ3v) is 2.25. The largest absolute Gasteiger partial charge is 0.550 e. The molecule has 1 heterocycles. The molecule has 0 radical (unpaired) electrons. The maximum atomic E-state index is 11.6. The number of amides is 1. The van der Waals surface area contributed by atoms with E-state index >= 15 is 0 Å². The lowest BCUT2D eigenvalue weighted by Gasteiger charge is -2.06. The molecule has 2 rings (SSSR count). The minimum Gasteiger partial charge on any atom is -0.550 e. The predicted octanol–water partition coefficient (Wildman–Crippen LogP) is -0.715. The fourth-order valence-electron chi connectivity index (χ4n) is 1.42. The van der Waals surface area contributed by atoms with Crippen LogP contribution in [0.15, 0.2) is 18.2 Å². The fourth-order valence-corrected chi connectivity index (χ4v) is 1.42. The zero-order valence-electron chi connectivity index (χ0n) is 8.89. The van der Waals surface area contributed by atoms with Gasteiger partial charge in [0.1, 0.15) is 0 Å². The Morgan fingerprint density at radius 3 is 2.82 bits per heavy atom. The van der Waals surface area contributed by atoms with E-state index in [9.17, 15) is 14.7 Å². The second-order valence-electron chi connectivity index (χ2n) is 3.45. The molecule has 0 spiro atoms. The van der Waals surface area contributed by atoms with Crippen LogP contribution in [-0.4, -0.2) is 25.2 Å². The summed E-state index contributed by atoms with van der Waals surface area (Å²) in [5, 5.41) is 12.6. The second-order valence-corrected chi connectivity index (χ2v) is 3.45. The van der Waals surface area contributed by atoms with Crippen molar-refractivity contribution in [2.24, 2.45) is 0 Å². The maximum Gasteiger partial charge on any atom is 0.251 e. The molecular weight excluding hydrogens is 226 g/mol. The van der Waals surface area contributed by atoms with Gasteiger partial charge in [0.2, 0.25) is 6.79 Å². The number of aliphatic carboxylic acids is 1. The number of ether oxygens (including phenoxy) is 2. The summed E-state index contributed by atoms with van der Waals surface area (Å²) in [4.78, 5) is 21.8. The molecule has 6 nitrogen and oxygen atoms in total. The number of carboxylic acid groups (broad SMARTS) is 1. The van der Waals surface area contributed by atoms with Crippen molar-refractivity contribution in [2.45, 2.75) is 6.42 Å². The molecule has 1 aliphatic heterocycles. The Kier molecular flexibility index (Phi) is 3.13. The number of carbonyl (C=O) groups excluding carboxylic acids is 2. The van der Waals surface area contributed by atoms with Crippen LogP contribution in [0.25, 0.3) is 0 Å². The highest BCUT2D eigenvalue weighted by Gasteiger charge is 2.15. The number of hydrogen-bond acceptors (Lipinski definition) is 5. The summed E-state index contributed by atoms with van der Waals surface area (Å²) < 4.78 is 10.2. The van der Waals surface area contributed by atoms with E-state index in [1.54, 1.807) is 18.2 Å². The minimum absolute atomic E-state index is 0.0373. The van der Waals surface area contributed by atoms with Crippen LogP contribution in [0.1, 0.15) is 16.8 Å². The molecule has 6 heteroatoms. The Morgan fingerprint density at radius 1 is 1.29 bits per heavy atom. The molecule has 0 atom stereocenters. The third-order valence-electron chi connectivity index (χ3n) is 2.25. The van der Waals surface area contributed by atoms with Crippen molar-refractivity contribution in [2.75, 3.05) is 13.3 Å². The molecule has 1 aromatic carbocycles. The SMILES string of the molecule is O=C([O-])CCNC(=O)c1ccc2c(c1)OCO2. The van der Waals surface area contributed by atoms with E-state index in [0.29, 0.717) is 17.1 Å². The Hall–Kier alpha value is -2.24. The van der Waals surface area contributed by atoms with Gasteiger partial charge in [-0.05, 0) is 18.2 Å². The molecule has 90 valence electrons. The summed E-state index contributed by atoms with van der Waals surface area (Å²) in [7, 11) is 0. The van der Waals surface area contributed by atoms with Gasteiger partial charge in [0, 0.05) is 24.5 Å². The van der Waals surface area contributed by atoms with E-state index in [2.05, 4.69) is 5.32 Å². The number of hydrogen-bond donors (Lipinski definition) is 1. The molecule has 0 unspecified atom stereocenters. The third kappa shape index (κ3) is 2.66. The van der Waals surface area contributed by atoms with Crippen LogP contribution in [-0.2, 0) is 4.79 Å². The summed E-state index contributed by atoms with van der Waals surface area (Å²) in [6, 6.07) is 4.77. The predicted molar refractivity (Wildman–Crippen MR) is 54.5 cm³/mol. The molecule has 0 bridgehead atoms. The first-order chi connectivity index (χ1) is 8.16. The van der Waals surface area contributed by atoms with Crippen LogP contribution in [0.4, 0.5) is 0 Å². The zero-order valence-corrected chi connectivity index (χ0v) is 8.89. The molecule has 0 aliphatic carbocycles. The smallest absolute Gasteiger partial charge is 0.251 e. The zero-order chi connectivity index (χ0) is 12.3. The minimum atomic E-state index is -1.20. The number of carboxylic acids is 1. The topological polar surface area (TPSA) is 87.7 Å². The molecule has 0 aromatic heterocycles. The van der Waals surface area contributed by atoms with E-state index in [1.165, 1.54) is 0 Å². The summed E-state index contributed by atoms with van der Waals surface area (Å²) >= 11 is 0. The Labute approximate surface area is 97.1 Å². The number of carbonyl (C=O) groups is 2. The lowest BCUT2D eigenvalue weighted by Crippen LogP contribution is -2.30. The normalized spacial score (nSPS) is 12.2. The van der Waals surface area contributed by atoms with Gasteiger partial charge in [-0.3, -0.25) is 4.79 Å². The average molecular weight is 236 g/mol. The van der Waals surface area contributed by atoms with Gasteiger partial charge in [0.25, 0.3) is 5.91 Å². The van der Waals surface area contributed by atoms with E-state index < -0.39 is 5.97 Å². The second kappa shape index (κ2) is 4.73. The molecule has 0 saturated carbocycles. The summed E-state index contributed by atoms with van der Waals surface area (Å²) in [6.07, 6.45) is -0.212. The van der Waals surface area contributed by atoms with Gasteiger partial charge in [-0.25, -0.2) is 0 Å². The van der Waals surface area contributed by atoms with Crippen molar-refractivity contribution in [3.8, 4) is 11.5 Å². The van der Waals surface area contributed by atoms with Crippen LogP contribution in [0.3, 0.4) is 0 Å². The van der Waals surface area contributed by atoms with Crippen molar-refractivity contribution in [1.29, 1.82) is 0 Å². The average Bonchev–Trinajstić information content (AvgIpc) is 2.75. The molecule has 1 aliphatic rings. The van der Waals surface area contributed by atoms with Gasteiger partial charge in [-0.2, -0.15) is 0 Å². The van der Waals surface area contributed by atoms with Crippen LogP contribution >= 0.6 is 0 Å². The van der Waals surface area contributed by atoms with Gasteiger partial charge in [0.05, 0.1) is 0 Å². The number of rotatable bonds is 4. The fraction of sp³-hybridized carbons (Fsp3) is 0.273. The lowest BCUT2D eigenvalue weighted by molar-refractivity contribution is -0.305. The van der Waals surface area contributed by atoms with Crippen molar-refractivity contribution in [1.82, 2.24) is 5.32 Å². The highest BCUT2D eigenvalue weighted by Crippen LogP contribution is 2.32. The molecular formula is C11H10NO5-. The van der Waals surface area contributed by atoms with Gasteiger partial charge >= 0.3 is 0 Å². The number of fused-ring (bicyclic) bond motifs is 1. The first kappa shape index (κ1) is 11.3. The molecule has 1 N–H and O–H groups in total. The Bertz CT molecular complexity index is 457. The molecule has 0 saturated heterocycles. The molecule has 1 amide bonds. The van der Waals surface area contributed by atoms with Crippen LogP contribution in [0, 0.1) is 0 Å². The van der Waals surface area contributed by atoms with Crippen molar-refractivity contribution >= 4 is 11.9 Å². The van der Waals surface area contributed by atoms with Crippen molar-refractivity contribution in [3.05, 3.63) is 23.8 Å². The van der Waals surface area contributed by atoms with Gasteiger partial charge < -0.3 is 24.7 Å². The summed E-state index contributed by atoms with van der Waals surface area (Å²) in [5.74, 6) is -0.450. The van der Waals surface area contributed by atoms with Gasteiger partial charge in [-0.1, -0.05) is 0 Å². The number of nitrogens with one attached hydrogen (secondary N) is 1.